The Morgan fingerprint density at radius 1 is 0.676 bits per heavy atom. The van der Waals surface area contributed by atoms with Gasteiger partial charge in [-0.05, 0) is 95.3 Å². The first-order valence-corrected chi connectivity index (χ1v) is 24.7. The van der Waals surface area contributed by atoms with Crippen LogP contribution in [0, 0.1) is 23.3 Å². The van der Waals surface area contributed by atoms with Crippen LogP contribution in [0.3, 0.4) is 0 Å². The van der Waals surface area contributed by atoms with E-state index < -0.39 is 46.0 Å². The normalized spacial score (nSPS) is 17.4. The molecule has 0 saturated heterocycles. The molecule has 11 N–H and O–H groups in total. The lowest BCUT2D eigenvalue weighted by Gasteiger charge is -2.36. The number of rotatable bonds is 19. The number of benzene rings is 2. The number of alkyl halides is 1. The van der Waals surface area contributed by atoms with Crippen molar-refractivity contribution in [2.45, 2.75) is 96.3 Å². The topological polar surface area (TPSA) is 273 Å². The van der Waals surface area contributed by atoms with Gasteiger partial charge in [-0.3, -0.25) is 14.5 Å². The number of methoxy groups -OCH3 is 2. The lowest BCUT2D eigenvalue weighted by atomic mass is 9.90. The van der Waals surface area contributed by atoms with Crippen LogP contribution in [0.4, 0.5) is 41.1 Å². The number of aliphatic hydroxyl groups excluding tert-OH is 3. The fraction of sp³-hybridized carbons (Fsp3) is 0.542. The molecule has 0 spiro atoms. The first kappa shape index (κ1) is 60.0. The summed E-state index contributed by atoms with van der Waals surface area (Å²) in [6.45, 7) is 11.5. The second-order valence-electron chi connectivity index (χ2n) is 16.4. The number of aromatic nitrogens is 4. The Hall–Kier alpha value is -5.30. The van der Waals surface area contributed by atoms with Gasteiger partial charge in [0.15, 0.2) is 23.3 Å². The van der Waals surface area contributed by atoms with Crippen molar-refractivity contribution in [3.63, 3.8) is 0 Å². The molecule has 2 saturated carbocycles. The Bertz CT molecular complexity index is 2260. The van der Waals surface area contributed by atoms with E-state index in [9.17, 15) is 37.4 Å². The summed E-state index contributed by atoms with van der Waals surface area (Å²) < 4.78 is 65.6. The molecule has 394 valence electrons. The molecule has 0 bridgehead atoms. The van der Waals surface area contributed by atoms with E-state index >= 15 is 0 Å². The number of carbonyl (C=O) groups excluding carboxylic acids is 2. The van der Waals surface area contributed by atoms with Gasteiger partial charge in [0, 0.05) is 55.0 Å². The number of nitrogens with one attached hydrogen (secondary N) is 2. The summed E-state index contributed by atoms with van der Waals surface area (Å²) in [5.74, 6) is -6.68. The number of hydrogen-bond acceptors (Lipinski definition) is 18. The second kappa shape index (κ2) is 31.2. The summed E-state index contributed by atoms with van der Waals surface area (Å²) in [4.78, 5) is 46.4. The van der Waals surface area contributed by atoms with Crippen LogP contribution in [-0.4, -0.2) is 153 Å². The van der Waals surface area contributed by atoms with Crippen LogP contribution in [0.15, 0.2) is 36.7 Å². The van der Waals surface area contributed by atoms with E-state index in [4.69, 9.17) is 31.8 Å². The third-order valence-electron chi connectivity index (χ3n) is 12.0. The largest absolute Gasteiger partial charge is 0.496 e. The number of ether oxygens (including phenoxy) is 2. The molecule has 4 aromatic rings. The molecule has 2 heterocycles. The Morgan fingerprint density at radius 2 is 1.06 bits per heavy atom. The number of hydrogen-bond donors (Lipinski definition) is 8. The molecule has 23 heteroatoms. The molecule has 6 rings (SSSR count). The summed E-state index contributed by atoms with van der Waals surface area (Å²) in [5, 5.41) is 33.3. The fourth-order valence-electron chi connectivity index (χ4n) is 8.00. The Labute approximate surface area is 421 Å². The highest BCUT2D eigenvalue weighted by molar-refractivity contribution is 9.09. The number of nitrogens with zero attached hydrogens (tertiary/aromatic N) is 6. The van der Waals surface area contributed by atoms with Gasteiger partial charge in [0.25, 0.3) is 0 Å². The van der Waals surface area contributed by atoms with Crippen molar-refractivity contribution in [2.75, 3.05) is 94.2 Å². The van der Waals surface area contributed by atoms with Crippen molar-refractivity contribution in [1.82, 2.24) is 29.7 Å². The van der Waals surface area contributed by atoms with E-state index in [2.05, 4.69) is 77.1 Å². The summed E-state index contributed by atoms with van der Waals surface area (Å²) in [7, 11) is 2.50. The zero-order valence-corrected chi connectivity index (χ0v) is 42.7. The average Bonchev–Trinajstić information content (AvgIpc) is 3.37. The maximum atomic E-state index is 14.3. The SMILES string of the molecule is CCN(CC)CC.COc1ccc(F)c(F)c1C(=O)c1cnc(NC2CCC(N(CCO)CCO)CC2)nc1N.COc1ccc(F)c(F)c1C(=O)c1cnc(NC2CCC(N)CC2)nc1N.OCCBr. The van der Waals surface area contributed by atoms with E-state index in [1.54, 1.807) is 0 Å². The predicted molar refractivity (Wildman–Crippen MR) is 269 cm³/mol. The summed E-state index contributed by atoms with van der Waals surface area (Å²) in [6.07, 6.45) is 9.38. The highest BCUT2D eigenvalue weighted by Gasteiger charge is 2.29. The number of carbonyl (C=O) groups is 2. The fourth-order valence-corrected chi connectivity index (χ4v) is 8.00. The zero-order valence-electron chi connectivity index (χ0n) is 41.1. The van der Waals surface area contributed by atoms with Gasteiger partial charge in [0.1, 0.15) is 34.3 Å². The number of halogens is 5. The molecular weight excluding hydrogens is 998 g/mol. The Balaban J connectivity index is 0.000000314. The van der Waals surface area contributed by atoms with Gasteiger partial charge >= 0.3 is 0 Å². The summed E-state index contributed by atoms with van der Waals surface area (Å²) in [6, 6.07) is 4.85. The summed E-state index contributed by atoms with van der Waals surface area (Å²) >= 11 is 3.00. The third kappa shape index (κ3) is 17.8. The molecule has 2 aliphatic carbocycles. The van der Waals surface area contributed by atoms with Crippen molar-refractivity contribution >= 4 is 51.0 Å². The van der Waals surface area contributed by atoms with Crippen molar-refractivity contribution in [3.05, 3.63) is 82.2 Å². The third-order valence-corrected chi connectivity index (χ3v) is 12.3. The minimum atomic E-state index is -1.32. The minimum absolute atomic E-state index is 0.0434. The Kier molecular flexibility index (Phi) is 26.4. The van der Waals surface area contributed by atoms with Crippen LogP contribution in [0.25, 0.3) is 0 Å². The van der Waals surface area contributed by atoms with Crippen molar-refractivity contribution < 1.29 is 51.9 Å². The first-order valence-electron chi connectivity index (χ1n) is 23.6. The van der Waals surface area contributed by atoms with Crippen LogP contribution in [0.5, 0.6) is 11.5 Å². The van der Waals surface area contributed by atoms with Gasteiger partial charge in [-0.2, -0.15) is 9.97 Å². The molecule has 2 fully saturated rings. The van der Waals surface area contributed by atoms with Crippen molar-refractivity contribution in [2.24, 2.45) is 5.73 Å². The van der Waals surface area contributed by atoms with E-state index in [-0.39, 0.29) is 90.1 Å². The number of nitrogen functional groups attached to an aromatic ring is 2. The first-order chi connectivity index (χ1) is 34.0. The van der Waals surface area contributed by atoms with Crippen LogP contribution in [0.2, 0.25) is 0 Å². The number of anilines is 4. The van der Waals surface area contributed by atoms with Crippen molar-refractivity contribution in [3.8, 4) is 11.5 Å². The van der Waals surface area contributed by atoms with Crippen LogP contribution in [-0.2, 0) is 0 Å². The maximum Gasteiger partial charge on any atom is 0.224 e. The number of ketones is 2. The van der Waals surface area contributed by atoms with Crippen LogP contribution < -0.4 is 37.3 Å². The zero-order chi connectivity index (χ0) is 52.6. The molecular formula is C48H70BrF4N11O7. The van der Waals surface area contributed by atoms with Gasteiger partial charge in [0.05, 0.1) is 45.2 Å². The molecule has 2 aliphatic rings. The molecule has 0 radical (unpaired) electrons. The quantitative estimate of drug-likeness (QED) is 0.0324. The molecule has 18 nitrogen and oxygen atoms in total. The maximum absolute atomic E-state index is 14.3. The summed E-state index contributed by atoms with van der Waals surface area (Å²) in [5.41, 5.74) is 16.3. The molecule has 71 heavy (non-hydrogen) atoms. The standard InChI is InChI=1S/C22H29F2N5O4.C18H21F2N5O2.C6H15N.C2H5BrO/c1-33-17-7-6-16(23)19(24)18(17)20(32)15-12-26-22(28-21(15)25)27-13-2-4-14(5-3-13)29(8-10-30)9-11-31;1-27-13-7-6-12(19)15(20)14(13)16(26)11-8-23-18(25-17(11)22)24-10-4-2-9(21)3-5-10;1-4-7(5-2)6-3;3-1-2-4/h6-7,12-14,30-31H,2-5,8-11H2,1H3,(H3,25,26,27,28);6-10H,2-5,21H2,1H3,(H3,22,23,24,25);4-6H2,1-3H3;4H,1-2H2. The lowest BCUT2D eigenvalue weighted by Crippen LogP contribution is -2.43. The Morgan fingerprint density at radius 3 is 1.37 bits per heavy atom. The number of aliphatic hydroxyl groups is 3. The van der Waals surface area contributed by atoms with Gasteiger partial charge < -0.3 is 57.5 Å². The van der Waals surface area contributed by atoms with Crippen molar-refractivity contribution in [1.29, 1.82) is 0 Å². The van der Waals surface area contributed by atoms with Crippen LogP contribution in [0.1, 0.15) is 104 Å². The second-order valence-corrected chi connectivity index (χ2v) is 17.2. The monoisotopic (exact) mass is 1070 g/mol. The molecule has 0 atom stereocenters. The smallest absolute Gasteiger partial charge is 0.224 e. The van der Waals surface area contributed by atoms with Crippen LogP contribution >= 0.6 is 15.9 Å². The minimum Gasteiger partial charge on any atom is -0.496 e. The van der Waals surface area contributed by atoms with Gasteiger partial charge in [-0.15, -0.1) is 0 Å². The molecule has 0 amide bonds. The number of nitrogens with two attached hydrogens (primary N) is 3. The van der Waals surface area contributed by atoms with E-state index in [0.29, 0.717) is 18.4 Å². The van der Waals surface area contributed by atoms with Gasteiger partial charge in [-0.1, -0.05) is 36.7 Å². The molecule has 2 aromatic carbocycles. The molecule has 0 aliphatic heterocycles. The van der Waals surface area contributed by atoms with E-state index in [1.165, 1.54) is 52.3 Å². The molecule has 0 unspecified atom stereocenters. The highest BCUT2D eigenvalue weighted by atomic mass is 79.9. The lowest BCUT2D eigenvalue weighted by molar-refractivity contribution is 0.0991. The molecule has 2 aromatic heterocycles. The van der Waals surface area contributed by atoms with E-state index in [0.717, 1.165) is 69.6 Å². The van der Waals surface area contributed by atoms with Gasteiger partial charge in [-0.25, -0.2) is 27.5 Å². The van der Waals surface area contributed by atoms with Gasteiger partial charge in [0.2, 0.25) is 23.5 Å². The average molecular weight is 1070 g/mol. The highest BCUT2D eigenvalue weighted by Crippen LogP contribution is 2.31. The predicted octanol–water partition coefficient (Wildman–Crippen LogP) is 5.57. The van der Waals surface area contributed by atoms with E-state index in [1.807, 2.05) is 0 Å².